The third kappa shape index (κ3) is 2.88. The van der Waals surface area contributed by atoms with Crippen molar-refractivity contribution in [3.8, 4) is 0 Å². The number of nitro benzene ring substituents is 1. The van der Waals surface area contributed by atoms with Gasteiger partial charge in [0.1, 0.15) is 5.82 Å². The molecular weight excluding hydrogens is 391 g/mol. The molecule has 10 heteroatoms. The van der Waals surface area contributed by atoms with Crippen molar-refractivity contribution < 1.29 is 13.9 Å². The number of halogens is 1. The number of rotatable bonds is 5. The highest BCUT2D eigenvalue weighted by Gasteiger charge is 2.32. The van der Waals surface area contributed by atoms with E-state index in [4.69, 9.17) is 4.63 Å². The predicted molar refractivity (Wildman–Crippen MR) is 107 cm³/mol. The Bertz CT molecular complexity index is 1290. The van der Waals surface area contributed by atoms with Crippen LogP contribution in [0.25, 0.3) is 11.0 Å². The van der Waals surface area contributed by atoms with Gasteiger partial charge in [0.25, 0.3) is 0 Å². The van der Waals surface area contributed by atoms with Crippen LogP contribution in [-0.2, 0) is 7.05 Å². The molecule has 0 saturated heterocycles. The number of benzene rings is 2. The fourth-order valence-corrected chi connectivity index (χ4v) is 3.81. The van der Waals surface area contributed by atoms with Crippen LogP contribution in [0.15, 0.2) is 41.2 Å². The molecule has 9 nitrogen and oxygen atoms in total. The SMILES string of the molecule is Cc1nn(C)cc1N(c1ccc(F)cc1C1CC1)c1ccc([N+](=O)[O-])c2nonc12. The van der Waals surface area contributed by atoms with Crippen LogP contribution in [0, 0.1) is 22.9 Å². The highest BCUT2D eigenvalue weighted by molar-refractivity contribution is 5.98. The van der Waals surface area contributed by atoms with E-state index in [1.807, 2.05) is 25.1 Å². The van der Waals surface area contributed by atoms with Gasteiger partial charge < -0.3 is 4.90 Å². The van der Waals surface area contributed by atoms with Crippen molar-refractivity contribution in [2.24, 2.45) is 7.05 Å². The van der Waals surface area contributed by atoms with Crippen molar-refractivity contribution in [1.82, 2.24) is 20.1 Å². The first-order valence-corrected chi connectivity index (χ1v) is 9.43. The van der Waals surface area contributed by atoms with Gasteiger partial charge in [-0.05, 0) is 65.8 Å². The van der Waals surface area contributed by atoms with Crippen LogP contribution >= 0.6 is 0 Å². The van der Waals surface area contributed by atoms with Crippen LogP contribution < -0.4 is 4.90 Å². The first kappa shape index (κ1) is 18.2. The number of nitro groups is 1. The monoisotopic (exact) mass is 408 g/mol. The maximum Gasteiger partial charge on any atom is 0.300 e. The molecule has 5 rings (SSSR count). The molecule has 0 spiro atoms. The molecule has 0 atom stereocenters. The first-order valence-electron chi connectivity index (χ1n) is 9.43. The van der Waals surface area contributed by atoms with Gasteiger partial charge in [0.05, 0.1) is 27.7 Å². The van der Waals surface area contributed by atoms with E-state index in [9.17, 15) is 14.5 Å². The Morgan fingerprint density at radius 2 is 1.90 bits per heavy atom. The minimum atomic E-state index is -0.524. The van der Waals surface area contributed by atoms with Gasteiger partial charge >= 0.3 is 5.69 Å². The number of fused-ring (bicyclic) bond motifs is 1. The maximum absolute atomic E-state index is 14.1. The van der Waals surface area contributed by atoms with Gasteiger partial charge in [-0.15, -0.1) is 0 Å². The smallest absolute Gasteiger partial charge is 0.300 e. The second-order valence-electron chi connectivity index (χ2n) is 7.41. The average molecular weight is 408 g/mol. The van der Waals surface area contributed by atoms with Crippen LogP contribution in [-0.4, -0.2) is 25.0 Å². The number of aromatic nitrogens is 4. The highest BCUT2D eigenvalue weighted by atomic mass is 19.1. The third-order valence-corrected chi connectivity index (χ3v) is 5.29. The van der Waals surface area contributed by atoms with E-state index in [1.54, 1.807) is 22.9 Å². The molecule has 1 aliphatic rings. The molecule has 4 aromatic rings. The summed E-state index contributed by atoms with van der Waals surface area (Å²) in [6, 6.07) is 7.66. The number of hydrogen-bond acceptors (Lipinski definition) is 7. The topological polar surface area (TPSA) is 103 Å². The average Bonchev–Trinajstić information content (AvgIpc) is 3.34. The van der Waals surface area contributed by atoms with Gasteiger partial charge in [-0.3, -0.25) is 14.8 Å². The zero-order chi connectivity index (χ0) is 21.0. The van der Waals surface area contributed by atoms with Gasteiger partial charge in [-0.2, -0.15) is 5.10 Å². The largest absolute Gasteiger partial charge is 0.305 e. The summed E-state index contributed by atoms with van der Waals surface area (Å²) in [5, 5.41) is 23.5. The van der Waals surface area contributed by atoms with E-state index < -0.39 is 4.92 Å². The lowest BCUT2D eigenvalue weighted by Gasteiger charge is -2.27. The molecule has 2 aromatic heterocycles. The Hall–Kier alpha value is -3.82. The summed E-state index contributed by atoms with van der Waals surface area (Å²) < 4.78 is 20.6. The normalized spacial score (nSPS) is 13.7. The van der Waals surface area contributed by atoms with E-state index in [2.05, 4.69) is 15.4 Å². The summed E-state index contributed by atoms with van der Waals surface area (Å²) in [5.41, 5.74) is 3.79. The summed E-state index contributed by atoms with van der Waals surface area (Å²) in [6.07, 6.45) is 3.81. The Morgan fingerprint density at radius 1 is 1.17 bits per heavy atom. The summed E-state index contributed by atoms with van der Waals surface area (Å²) in [4.78, 5) is 12.8. The molecule has 0 unspecified atom stereocenters. The standard InChI is InChI=1S/C20H17FN6O3/c1-11-18(10-25(2)22-11)26(15-6-5-13(21)9-14(15)12-3-4-12)16-7-8-17(27(28)29)20-19(16)23-30-24-20/h5-10,12H,3-4H2,1-2H3. The zero-order valence-electron chi connectivity index (χ0n) is 16.2. The lowest BCUT2D eigenvalue weighted by Crippen LogP contribution is -2.13. The van der Waals surface area contributed by atoms with Gasteiger partial charge in [-0.25, -0.2) is 9.02 Å². The van der Waals surface area contributed by atoms with Gasteiger partial charge in [0.15, 0.2) is 5.52 Å². The summed E-state index contributed by atoms with van der Waals surface area (Å²) in [6.45, 7) is 1.87. The van der Waals surface area contributed by atoms with Crippen molar-refractivity contribution in [2.75, 3.05) is 4.90 Å². The Labute approximate surface area is 169 Å². The van der Waals surface area contributed by atoms with Crippen molar-refractivity contribution >= 4 is 33.8 Å². The molecule has 2 heterocycles. The van der Waals surface area contributed by atoms with E-state index >= 15 is 0 Å². The maximum atomic E-state index is 14.1. The predicted octanol–water partition coefficient (Wildman–Crippen LogP) is 4.66. The van der Waals surface area contributed by atoms with E-state index in [1.165, 1.54) is 12.1 Å². The van der Waals surface area contributed by atoms with E-state index in [-0.39, 0.29) is 28.5 Å². The molecule has 0 bridgehead atoms. The van der Waals surface area contributed by atoms with Crippen LogP contribution in [0.5, 0.6) is 0 Å². The minimum absolute atomic E-state index is 0.0547. The number of aryl methyl sites for hydroxylation is 2. The first-order chi connectivity index (χ1) is 14.4. The Kier molecular flexibility index (Phi) is 4.02. The highest BCUT2D eigenvalue weighted by Crippen LogP contribution is 2.49. The van der Waals surface area contributed by atoms with Crippen LogP contribution in [0.1, 0.15) is 30.0 Å². The number of anilines is 3. The van der Waals surface area contributed by atoms with Crippen LogP contribution in [0.3, 0.4) is 0 Å². The van der Waals surface area contributed by atoms with E-state index in [0.29, 0.717) is 5.69 Å². The van der Waals surface area contributed by atoms with Gasteiger partial charge in [-0.1, -0.05) is 0 Å². The van der Waals surface area contributed by atoms with Crippen molar-refractivity contribution in [3.63, 3.8) is 0 Å². The molecule has 0 aliphatic heterocycles. The molecule has 1 fully saturated rings. The second kappa shape index (κ2) is 6.61. The van der Waals surface area contributed by atoms with Crippen LogP contribution in [0.2, 0.25) is 0 Å². The summed E-state index contributed by atoms with van der Waals surface area (Å²) in [7, 11) is 1.81. The molecule has 1 aliphatic carbocycles. The second-order valence-corrected chi connectivity index (χ2v) is 7.41. The molecule has 0 amide bonds. The van der Waals surface area contributed by atoms with Crippen molar-refractivity contribution in [2.45, 2.75) is 25.7 Å². The number of non-ortho nitro benzene ring substituents is 1. The molecule has 30 heavy (non-hydrogen) atoms. The lowest BCUT2D eigenvalue weighted by molar-refractivity contribution is -0.383. The number of hydrogen-bond donors (Lipinski definition) is 0. The quantitative estimate of drug-likeness (QED) is 0.349. The molecule has 1 saturated carbocycles. The van der Waals surface area contributed by atoms with Gasteiger partial charge in [0.2, 0.25) is 5.52 Å². The summed E-state index contributed by atoms with van der Waals surface area (Å²) in [5.74, 6) is -0.0420. The van der Waals surface area contributed by atoms with Crippen molar-refractivity contribution in [3.05, 3.63) is 63.7 Å². The van der Waals surface area contributed by atoms with Crippen molar-refractivity contribution in [1.29, 1.82) is 0 Å². The Morgan fingerprint density at radius 3 is 2.57 bits per heavy atom. The fraction of sp³-hybridized carbons (Fsp3) is 0.250. The summed E-state index contributed by atoms with van der Waals surface area (Å²) >= 11 is 0. The molecule has 2 aromatic carbocycles. The van der Waals surface area contributed by atoms with E-state index in [0.717, 1.165) is 35.5 Å². The number of nitrogens with zero attached hydrogens (tertiary/aromatic N) is 6. The molecular formula is C20H17FN6O3. The lowest BCUT2D eigenvalue weighted by atomic mass is 10.0. The zero-order valence-corrected chi connectivity index (χ0v) is 16.2. The molecule has 0 N–H and O–H groups in total. The van der Waals surface area contributed by atoms with Crippen LogP contribution in [0.4, 0.5) is 27.1 Å². The minimum Gasteiger partial charge on any atom is -0.305 e. The fourth-order valence-electron chi connectivity index (χ4n) is 3.81. The third-order valence-electron chi connectivity index (χ3n) is 5.29. The van der Waals surface area contributed by atoms with Gasteiger partial charge in [0, 0.05) is 19.3 Å². The molecule has 152 valence electrons. The Balaban J connectivity index is 1.81. The molecule has 0 radical (unpaired) electrons.